The highest BCUT2D eigenvalue weighted by Gasteiger charge is 2.23. The Kier molecular flexibility index (Phi) is 6.82. The van der Waals surface area contributed by atoms with Crippen LogP contribution in [-0.2, 0) is 0 Å². The lowest BCUT2D eigenvalue weighted by Gasteiger charge is -2.28. The van der Waals surface area contributed by atoms with Crippen LogP contribution in [0.25, 0.3) is 0 Å². The Balaban J connectivity index is 1.98. The van der Waals surface area contributed by atoms with Crippen LogP contribution in [0.3, 0.4) is 0 Å². The molecule has 0 aliphatic heterocycles. The van der Waals surface area contributed by atoms with E-state index in [2.05, 4.69) is 5.32 Å². The van der Waals surface area contributed by atoms with Crippen molar-refractivity contribution in [2.24, 2.45) is 0 Å². The maximum Gasteiger partial charge on any atom is 0.118 e. The summed E-state index contributed by atoms with van der Waals surface area (Å²) in [4.78, 5) is 0. The lowest BCUT2D eigenvalue weighted by atomic mass is 9.99. The molecule has 2 rings (SSSR count). The third kappa shape index (κ3) is 4.95. The standard InChI is InChI=1S/C20H27NO4/c1-13(19(22)15-5-9-17(24-3)10-6-15)21-14(2)20(23)16-7-11-18(25-4)12-8-16/h5-14,19-23H,1-4H3/t13-,14+,19-,20-/m1/s1. The minimum atomic E-state index is -0.684. The lowest BCUT2D eigenvalue weighted by molar-refractivity contribution is 0.0918. The van der Waals surface area contributed by atoms with Crippen LogP contribution in [0.4, 0.5) is 0 Å². The van der Waals surface area contributed by atoms with Gasteiger partial charge in [-0.15, -0.1) is 0 Å². The summed E-state index contributed by atoms with van der Waals surface area (Å²) in [5.74, 6) is 1.50. The van der Waals surface area contributed by atoms with Crippen molar-refractivity contribution in [1.29, 1.82) is 0 Å². The molecule has 0 bridgehead atoms. The van der Waals surface area contributed by atoms with Crippen molar-refractivity contribution < 1.29 is 19.7 Å². The van der Waals surface area contributed by atoms with E-state index in [4.69, 9.17) is 9.47 Å². The van der Waals surface area contributed by atoms with E-state index in [-0.39, 0.29) is 12.1 Å². The topological polar surface area (TPSA) is 71.0 Å². The molecule has 0 amide bonds. The Morgan fingerprint density at radius 2 is 1.00 bits per heavy atom. The molecule has 0 saturated carbocycles. The fourth-order valence-corrected chi connectivity index (χ4v) is 2.78. The van der Waals surface area contributed by atoms with E-state index in [1.54, 1.807) is 14.2 Å². The molecule has 4 atom stereocenters. The van der Waals surface area contributed by atoms with Crippen molar-refractivity contribution in [2.75, 3.05) is 14.2 Å². The van der Waals surface area contributed by atoms with Gasteiger partial charge >= 0.3 is 0 Å². The Bertz CT molecular complexity index is 584. The molecule has 2 aromatic rings. The van der Waals surface area contributed by atoms with Crippen LogP contribution in [0.5, 0.6) is 11.5 Å². The van der Waals surface area contributed by atoms with Gasteiger partial charge in [0.25, 0.3) is 0 Å². The van der Waals surface area contributed by atoms with Gasteiger partial charge in [-0.05, 0) is 49.2 Å². The molecule has 0 saturated heterocycles. The molecule has 5 heteroatoms. The first kappa shape index (κ1) is 19.2. The molecule has 2 aromatic carbocycles. The minimum absolute atomic E-state index is 0.226. The van der Waals surface area contributed by atoms with Gasteiger partial charge in [0.2, 0.25) is 0 Å². The van der Waals surface area contributed by atoms with E-state index in [1.165, 1.54) is 0 Å². The van der Waals surface area contributed by atoms with Crippen LogP contribution in [-0.4, -0.2) is 36.5 Å². The van der Waals surface area contributed by atoms with E-state index >= 15 is 0 Å². The van der Waals surface area contributed by atoms with Gasteiger partial charge in [-0.3, -0.25) is 0 Å². The van der Waals surface area contributed by atoms with Crippen molar-refractivity contribution in [3.8, 4) is 11.5 Å². The molecule has 25 heavy (non-hydrogen) atoms. The highest BCUT2D eigenvalue weighted by molar-refractivity contribution is 5.30. The second kappa shape index (κ2) is 8.85. The summed E-state index contributed by atoms with van der Waals surface area (Å²) in [6, 6.07) is 14.2. The second-order valence-electron chi connectivity index (χ2n) is 6.18. The molecule has 0 unspecified atom stereocenters. The highest BCUT2D eigenvalue weighted by atomic mass is 16.5. The number of aliphatic hydroxyl groups is 2. The van der Waals surface area contributed by atoms with Crippen LogP contribution in [0.15, 0.2) is 48.5 Å². The third-order valence-electron chi connectivity index (χ3n) is 4.39. The van der Waals surface area contributed by atoms with Crippen molar-refractivity contribution in [2.45, 2.75) is 38.1 Å². The van der Waals surface area contributed by atoms with E-state index in [0.29, 0.717) is 0 Å². The molecule has 0 heterocycles. The molecule has 136 valence electrons. The zero-order valence-corrected chi connectivity index (χ0v) is 15.1. The van der Waals surface area contributed by atoms with E-state index in [0.717, 1.165) is 22.6 Å². The third-order valence-corrected chi connectivity index (χ3v) is 4.39. The predicted molar refractivity (Wildman–Crippen MR) is 98.0 cm³/mol. The molecule has 0 aliphatic carbocycles. The minimum Gasteiger partial charge on any atom is -0.497 e. The molecular formula is C20H27NO4. The molecule has 0 fully saturated rings. The first-order valence-corrected chi connectivity index (χ1v) is 8.36. The first-order valence-electron chi connectivity index (χ1n) is 8.36. The SMILES string of the molecule is COc1ccc([C@H](O)[C@H](C)N[C@H](C)[C@@H](O)c2ccc(OC)cc2)cc1. The summed E-state index contributed by atoms with van der Waals surface area (Å²) in [6.45, 7) is 3.79. The fraction of sp³-hybridized carbons (Fsp3) is 0.400. The number of aliphatic hydroxyl groups excluding tert-OH is 2. The summed E-state index contributed by atoms with van der Waals surface area (Å²) in [6.07, 6.45) is -1.37. The maximum absolute atomic E-state index is 10.5. The molecule has 5 nitrogen and oxygen atoms in total. The maximum atomic E-state index is 10.5. The summed E-state index contributed by atoms with van der Waals surface area (Å²) in [7, 11) is 3.22. The smallest absolute Gasteiger partial charge is 0.118 e. The molecule has 0 radical (unpaired) electrons. The van der Waals surface area contributed by atoms with Crippen molar-refractivity contribution >= 4 is 0 Å². The number of nitrogens with one attached hydrogen (secondary N) is 1. The van der Waals surface area contributed by atoms with E-state index in [9.17, 15) is 10.2 Å². The Labute approximate surface area is 149 Å². The molecule has 0 aliphatic rings. The number of hydrogen-bond acceptors (Lipinski definition) is 5. The average molecular weight is 345 g/mol. The summed E-state index contributed by atoms with van der Waals surface area (Å²) < 4.78 is 10.3. The molecule has 0 aromatic heterocycles. The Morgan fingerprint density at radius 3 is 1.28 bits per heavy atom. The van der Waals surface area contributed by atoms with Crippen LogP contribution in [0.1, 0.15) is 37.2 Å². The van der Waals surface area contributed by atoms with Crippen molar-refractivity contribution in [3.63, 3.8) is 0 Å². The van der Waals surface area contributed by atoms with Gasteiger partial charge in [0, 0.05) is 12.1 Å². The Hall–Kier alpha value is -2.08. The first-order chi connectivity index (χ1) is 12.0. The van der Waals surface area contributed by atoms with E-state index in [1.807, 2.05) is 62.4 Å². The van der Waals surface area contributed by atoms with E-state index < -0.39 is 12.2 Å². The van der Waals surface area contributed by atoms with Gasteiger partial charge < -0.3 is 25.0 Å². The largest absolute Gasteiger partial charge is 0.497 e. The fourth-order valence-electron chi connectivity index (χ4n) is 2.78. The van der Waals surface area contributed by atoms with Gasteiger partial charge in [0.1, 0.15) is 11.5 Å². The second-order valence-corrected chi connectivity index (χ2v) is 6.18. The summed E-state index contributed by atoms with van der Waals surface area (Å²) >= 11 is 0. The van der Waals surface area contributed by atoms with Gasteiger partial charge in [-0.1, -0.05) is 24.3 Å². The normalized spacial score (nSPS) is 15.9. The zero-order valence-electron chi connectivity index (χ0n) is 15.1. The lowest BCUT2D eigenvalue weighted by Crippen LogP contribution is -2.41. The van der Waals surface area contributed by atoms with Gasteiger partial charge in [0.05, 0.1) is 26.4 Å². The predicted octanol–water partition coefficient (Wildman–Crippen LogP) is 2.84. The van der Waals surface area contributed by atoms with Crippen molar-refractivity contribution in [3.05, 3.63) is 59.7 Å². The van der Waals surface area contributed by atoms with Gasteiger partial charge in [-0.25, -0.2) is 0 Å². The zero-order chi connectivity index (χ0) is 18.4. The van der Waals surface area contributed by atoms with Crippen LogP contribution < -0.4 is 14.8 Å². The quantitative estimate of drug-likeness (QED) is 0.686. The average Bonchev–Trinajstić information content (AvgIpc) is 2.66. The highest BCUT2D eigenvalue weighted by Crippen LogP contribution is 2.23. The number of methoxy groups -OCH3 is 2. The number of rotatable bonds is 8. The molecule has 3 N–H and O–H groups in total. The molecular weight excluding hydrogens is 318 g/mol. The summed E-state index contributed by atoms with van der Waals surface area (Å²) in [5, 5.41) is 24.3. The monoisotopic (exact) mass is 345 g/mol. The van der Waals surface area contributed by atoms with Crippen molar-refractivity contribution in [1.82, 2.24) is 5.32 Å². The van der Waals surface area contributed by atoms with Crippen LogP contribution in [0, 0.1) is 0 Å². The summed E-state index contributed by atoms with van der Waals surface area (Å²) in [5.41, 5.74) is 1.60. The van der Waals surface area contributed by atoms with Gasteiger partial charge in [-0.2, -0.15) is 0 Å². The Morgan fingerprint density at radius 1 is 0.680 bits per heavy atom. The molecule has 0 spiro atoms. The van der Waals surface area contributed by atoms with Gasteiger partial charge in [0.15, 0.2) is 0 Å². The van der Waals surface area contributed by atoms with Crippen LogP contribution >= 0.6 is 0 Å². The number of ether oxygens (including phenoxy) is 2. The number of hydrogen-bond donors (Lipinski definition) is 3. The number of benzene rings is 2. The van der Waals surface area contributed by atoms with Crippen LogP contribution in [0.2, 0.25) is 0 Å².